The van der Waals surface area contributed by atoms with Gasteiger partial charge in [-0.15, -0.1) is 0 Å². The number of anilines is 1. The molecule has 0 atom stereocenters. The van der Waals surface area contributed by atoms with Crippen LogP contribution in [0.3, 0.4) is 0 Å². The Morgan fingerprint density at radius 2 is 1.67 bits per heavy atom. The zero-order valence-electron chi connectivity index (χ0n) is 23.1. The monoisotopic (exact) mass is 571 g/mol. The van der Waals surface area contributed by atoms with Gasteiger partial charge in [-0.05, 0) is 83.8 Å². The van der Waals surface area contributed by atoms with Gasteiger partial charge >= 0.3 is 0 Å². The third kappa shape index (κ3) is 5.31. The van der Waals surface area contributed by atoms with Crippen molar-refractivity contribution in [2.75, 3.05) is 5.32 Å². The largest absolute Gasteiger partial charge is 0.366 e. The lowest BCUT2D eigenvalue weighted by Gasteiger charge is -2.15. The van der Waals surface area contributed by atoms with E-state index < -0.39 is 11.7 Å². The maximum absolute atomic E-state index is 13.3. The Morgan fingerprint density at radius 3 is 2.42 bits per heavy atom. The number of rotatable bonds is 7. The highest BCUT2D eigenvalue weighted by Gasteiger charge is 2.20. The molecule has 0 aliphatic carbocycles. The minimum atomic E-state index is -0.588. The molecule has 0 saturated heterocycles. The molecule has 4 aromatic carbocycles. The smallest absolute Gasteiger partial charge is 0.255 e. The van der Waals surface area contributed by atoms with Gasteiger partial charge in [0, 0.05) is 52.0 Å². The van der Waals surface area contributed by atoms with Crippen LogP contribution in [0.15, 0.2) is 97.3 Å². The number of nitrogens with zero attached hydrogens (tertiary/aromatic N) is 1. The fourth-order valence-electron chi connectivity index (χ4n) is 5.23. The molecule has 2 aromatic heterocycles. The van der Waals surface area contributed by atoms with Crippen LogP contribution in [-0.4, -0.2) is 27.7 Å². The van der Waals surface area contributed by atoms with Crippen LogP contribution >= 0.6 is 0 Å². The predicted octanol–water partition coefficient (Wildman–Crippen LogP) is 6.11. The normalized spacial score (nSPS) is 11.0. The molecule has 3 amide bonds. The number of fused-ring (bicyclic) bond motifs is 3. The molecule has 6 rings (SSSR count). The lowest BCUT2D eigenvalue weighted by Crippen LogP contribution is -2.22. The van der Waals surface area contributed by atoms with Gasteiger partial charge in [-0.1, -0.05) is 30.3 Å². The molecule has 0 aliphatic heterocycles. The minimum Gasteiger partial charge on any atom is -0.366 e. The van der Waals surface area contributed by atoms with E-state index in [-0.39, 0.29) is 11.8 Å². The highest BCUT2D eigenvalue weighted by molar-refractivity contribution is 6.20. The number of hydrogen-bond donors (Lipinski definition) is 4. The maximum atomic E-state index is 13.3. The molecule has 0 saturated carbocycles. The van der Waals surface area contributed by atoms with Gasteiger partial charge in [-0.25, -0.2) is 4.39 Å². The number of benzene rings is 4. The lowest BCUT2D eigenvalue weighted by molar-refractivity contribution is 0.0949. The van der Waals surface area contributed by atoms with Crippen molar-refractivity contribution in [2.24, 2.45) is 5.73 Å². The molecular formula is C34H26FN5O3. The fourth-order valence-corrected chi connectivity index (χ4v) is 5.23. The summed E-state index contributed by atoms with van der Waals surface area (Å²) in [5, 5.41) is 7.39. The van der Waals surface area contributed by atoms with E-state index in [9.17, 15) is 18.8 Å². The molecule has 6 aromatic rings. The lowest BCUT2D eigenvalue weighted by atomic mass is 9.93. The first-order valence-corrected chi connectivity index (χ1v) is 13.5. The van der Waals surface area contributed by atoms with E-state index in [1.54, 1.807) is 36.7 Å². The number of aromatic amines is 1. The summed E-state index contributed by atoms with van der Waals surface area (Å²) in [4.78, 5) is 45.6. The molecule has 9 heteroatoms. The van der Waals surface area contributed by atoms with Gasteiger partial charge in [0.25, 0.3) is 17.7 Å². The van der Waals surface area contributed by atoms with Gasteiger partial charge in [-0.3, -0.25) is 19.4 Å². The van der Waals surface area contributed by atoms with Crippen LogP contribution in [0.4, 0.5) is 10.1 Å². The van der Waals surface area contributed by atoms with E-state index >= 15 is 0 Å². The Labute approximate surface area is 245 Å². The Morgan fingerprint density at radius 1 is 0.884 bits per heavy atom. The zero-order valence-corrected chi connectivity index (χ0v) is 23.1. The number of primary amides is 1. The minimum absolute atomic E-state index is 0.250. The zero-order chi connectivity index (χ0) is 30.1. The molecule has 5 N–H and O–H groups in total. The predicted molar refractivity (Wildman–Crippen MR) is 164 cm³/mol. The summed E-state index contributed by atoms with van der Waals surface area (Å²) in [5.41, 5.74) is 12.0. The average molecular weight is 572 g/mol. The summed E-state index contributed by atoms with van der Waals surface area (Å²) in [6.45, 7) is 2.23. The first-order valence-electron chi connectivity index (χ1n) is 13.5. The molecule has 43 heavy (non-hydrogen) atoms. The van der Waals surface area contributed by atoms with Gasteiger partial charge in [0.05, 0.1) is 11.1 Å². The van der Waals surface area contributed by atoms with Crippen LogP contribution in [0.1, 0.15) is 42.2 Å². The van der Waals surface area contributed by atoms with Crippen LogP contribution in [0.2, 0.25) is 0 Å². The number of H-pyrrole nitrogens is 1. The van der Waals surface area contributed by atoms with Crippen LogP contribution in [0.25, 0.3) is 32.9 Å². The van der Waals surface area contributed by atoms with Crippen LogP contribution < -0.4 is 16.4 Å². The topological polar surface area (TPSA) is 130 Å². The third-order valence-electron chi connectivity index (χ3n) is 7.44. The first-order chi connectivity index (χ1) is 20.8. The van der Waals surface area contributed by atoms with Crippen molar-refractivity contribution in [2.45, 2.75) is 13.5 Å². The first kappa shape index (κ1) is 27.3. The summed E-state index contributed by atoms with van der Waals surface area (Å²) in [6, 6.07) is 23.4. The van der Waals surface area contributed by atoms with Gasteiger partial charge in [-0.2, -0.15) is 0 Å². The molecule has 0 aliphatic rings. The van der Waals surface area contributed by atoms with Crippen molar-refractivity contribution in [3.63, 3.8) is 0 Å². The van der Waals surface area contributed by atoms with Gasteiger partial charge in [0.15, 0.2) is 0 Å². The SMILES string of the molecule is Cc1c(NC(=O)c2ccc(F)cc2)cccc1-c1ccc(C(N)=O)c2[nH]c3cc(C(=O)NCc4cccnc4)ccc3c12. The summed E-state index contributed by atoms with van der Waals surface area (Å²) < 4.78 is 13.3. The molecule has 8 nitrogen and oxygen atoms in total. The summed E-state index contributed by atoms with van der Waals surface area (Å²) in [7, 11) is 0. The second-order valence-corrected chi connectivity index (χ2v) is 10.1. The van der Waals surface area contributed by atoms with E-state index in [1.807, 2.05) is 43.3 Å². The van der Waals surface area contributed by atoms with Crippen LogP contribution in [0.5, 0.6) is 0 Å². The number of carbonyl (C=O) groups excluding carboxylic acids is 3. The quantitative estimate of drug-likeness (QED) is 0.184. The van der Waals surface area contributed by atoms with E-state index in [4.69, 9.17) is 5.73 Å². The molecule has 212 valence electrons. The molecule has 0 unspecified atom stereocenters. The van der Waals surface area contributed by atoms with Crippen molar-refractivity contribution in [3.8, 4) is 11.1 Å². The fraction of sp³-hybridized carbons (Fsp3) is 0.0588. The van der Waals surface area contributed by atoms with Crippen molar-refractivity contribution >= 4 is 45.2 Å². The van der Waals surface area contributed by atoms with E-state index in [2.05, 4.69) is 20.6 Å². The standard InChI is InChI=1S/C34H26FN5O3/c1-19-24(5-2-6-28(19)40-34(43)21-7-10-23(35)11-8-21)25-13-14-27(32(36)41)31-30(25)26-12-9-22(16-29(26)39-31)33(42)38-18-20-4-3-15-37-17-20/h2-17,39H,18H2,1H3,(H2,36,41)(H,38,42)(H,40,43). The number of aromatic nitrogens is 2. The van der Waals surface area contributed by atoms with Crippen LogP contribution in [-0.2, 0) is 6.54 Å². The number of pyridine rings is 1. The average Bonchev–Trinajstić information content (AvgIpc) is 3.40. The highest BCUT2D eigenvalue weighted by atomic mass is 19.1. The van der Waals surface area contributed by atoms with Gasteiger partial charge in [0.2, 0.25) is 0 Å². The van der Waals surface area contributed by atoms with Crippen molar-refractivity contribution in [1.82, 2.24) is 15.3 Å². The molecule has 0 fully saturated rings. The van der Waals surface area contributed by atoms with Gasteiger partial charge in [0.1, 0.15) is 5.82 Å². The van der Waals surface area contributed by atoms with Crippen LogP contribution in [0, 0.1) is 12.7 Å². The maximum Gasteiger partial charge on any atom is 0.255 e. The van der Waals surface area contributed by atoms with E-state index in [0.717, 1.165) is 33.0 Å². The van der Waals surface area contributed by atoms with Crippen molar-refractivity contribution in [3.05, 3.63) is 131 Å². The molecular weight excluding hydrogens is 545 g/mol. The second-order valence-electron chi connectivity index (χ2n) is 10.1. The molecule has 0 bridgehead atoms. The van der Waals surface area contributed by atoms with Crippen molar-refractivity contribution in [1.29, 1.82) is 0 Å². The van der Waals surface area contributed by atoms with E-state index in [0.29, 0.717) is 40.0 Å². The van der Waals surface area contributed by atoms with E-state index in [1.165, 1.54) is 24.3 Å². The Balaban J connectivity index is 1.40. The number of nitrogens with one attached hydrogen (secondary N) is 3. The number of hydrogen-bond acceptors (Lipinski definition) is 4. The second kappa shape index (κ2) is 11.2. The highest BCUT2D eigenvalue weighted by Crippen LogP contribution is 2.39. The molecule has 2 heterocycles. The summed E-state index contributed by atoms with van der Waals surface area (Å²) in [6.07, 6.45) is 3.37. The Kier molecular flexibility index (Phi) is 7.13. The number of amides is 3. The Hall–Kier alpha value is -5.83. The summed E-state index contributed by atoms with van der Waals surface area (Å²) >= 11 is 0. The summed E-state index contributed by atoms with van der Waals surface area (Å²) in [5.74, 6) is -1.62. The molecule has 0 radical (unpaired) electrons. The van der Waals surface area contributed by atoms with Crippen molar-refractivity contribution < 1.29 is 18.8 Å². The number of nitrogens with two attached hydrogens (primary N) is 1. The number of halogens is 1. The van der Waals surface area contributed by atoms with Gasteiger partial charge < -0.3 is 21.4 Å². The number of carbonyl (C=O) groups is 3. The Bertz CT molecular complexity index is 2040. The third-order valence-corrected chi connectivity index (χ3v) is 7.44. The molecule has 0 spiro atoms.